The Morgan fingerprint density at radius 3 is 2.70 bits per heavy atom. The molecule has 0 spiro atoms. The molecule has 1 saturated carbocycles. The molecule has 1 aliphatic heterocycles. The number of carbonyl (C=O) groups is 1. The van der Waals surface area contributed by atoms with Crippen molar-refractivity contribution in [1.29, 1.82) is 0 Å². The topological polar surface area (TPSA) is 23.6 Å². The molecule has 0 unspecified atom stereocenters. The van der Waals surface area contributed by atoms with Gasteiger partial charge in [-0.2, -0.15) is 0 Å². The zero-order valence-corrected chi connectivity index (χ0v) is 13.5. The molecule has 0 radical (unpaired) electrons. The molecule has 0 aromatic heterocycles. The average molecular weight is 296 g/mol. The second-order valence-corrected chi connectivity index (χ2v) is 7.29. The fourth-order valence-corrected chi connectivity index (χ4v) is 4.05. The Hall–Kier alpha value is -0.480. The highest BCUT2D eigenvalue weighted by molar-refractivity contribution is 8.00. The summed E-state index contributed by atoms with van der Waals surface area (Å²) in [5.41, 5.74) is 0. The van der Waals surface area contributed by atoms with Crippen molar-refractivity contribution >= 4 is 17.7 Å². The fourth-order valence-electron chi connectivity index (χ4n) is 3.33. The maximum atomic E-state index is 12.4. The first-order valence-electron chi connectivity index (χ1n) is 7.97. The predicted molar refractivity (Wildman–Crippen MR) is 87.1 cm³/mol. The van der Waals surface area contributed by atoms with E-state index in [1.807, 2.05) is 13.0 Å². The summed E-state index contributed by atoms with van der Waals surface area (Å²) >= 11 is 1.69. The number of amides is 1. The van der Waals surface area contributed by atoms with Crippen molar-refractivity contribution in [1.82, 2.24) is 9.80 Å². The number of hydrogen-bond acceptors (Lipinski definition) is 3. The third-order valence-corrected chi connectivity index (χ3v) is 5.62. The molecule has 1 saturated heterocycles. The van der Waals surface area contributed by atoms with E-state index >= 15 is 0 Å². The third kappa shape index (κ3) is 4.26. The second kappa shape index (κ2) is 8.08. The van der Waals surface area contributed by atoms with Gasteiger partial charge in [-0.3, -0.25) is 9.69 Å². The predicted octanol–water partition coefficient (Wildman–Crippen LogP) is 2.77. The van der Waals surface area contributed by atoms with Crippen molar-refractivity contribution in [2.45, 2.75) is 50.3 Å². The van der Waals surface area contributed by atoms with Crippen LogP contribution in [-0.4, -0.2) is 58.9 Å². The third-order valence-electron chi connectivity index (χ3n) is 4.50. The van der Waals surface area contributed by atoms with Crippen LogP contribution in [0.25, 0.3) is 0 Å². The van der Waals surface area contributed by atoms with Crippen LogP contribution in [0.3, 0.4) is 0 Å². The highest BCUT2D eigenvalue weighted by Gasteiger charge is 2.27. The Morgan fingerprint density at radius 1 is 1.25 bits per heavy atom. The van der Waals surface area contributed by atoms with Crippen molar-refractivity contribution in [2.24, 2.45) is 0 Å². The molecule has 0 aromatic carbocycles. The summed E-state index contributed by atoms with van der Waals surface area (Å²) in [5, 5.41) is 0.0611. The maximum absolute atomic E-state index is 12.4. The van der Waals surface area contributed by atoms with E-state index in [-0.39, 0.29) is 5.25 Å². The summed E-state index contributed by atoms with van der Waals surface area (Å²) < 4.78 is 0. The van der Waals surface area contributed by atoms with Gasteiger partial charge in [0.05, 0.1) is 5.25 Å². The van der Waals surface area contributed by atoms with E-state index in [1.165, 1.54) is 32.2 Å². The van der Waals surface area contributed by atoms with E-state index in [4.69, 9.17) is 0 Å². The second-order valence-electron chi connectivity index (χ2n) is 5.92. The molecule has 3 nitrogen and oxygen atoms in total. The van der Waals surface area contributed by atoms with Gasteiger partial charge in [0.1, 0.15) is 0 Å². The largest absolute Gasteiger partial charge is 0.340 e. The van der Waals surface area contributed by atoms with Crippen LogP contribution in [0.5, 0.6) is 0 Å². The first-order valence-corrected chi connectivity index (χ1v) is 9.02. The van der Waals surface area contributed by atoms with Gasteiger partial charge in [0.15, 0.2) is 0 Å². The monoisotopic (exact) mass is 296 g/mol. The first kappa shape index (κ1) is 15.9. The molecule has 20 heavy (non-hydrogen) atoms. The smallest absolute Gasteiger partial charge is 0.235 e. The van der Waals surface area contributed by atoms with Crippen molar-refractivity contribution in [3.63, 3.8) is 0 Å². The molecule has 1 atom stereocenters. The van der Waals surface area contributed by atoms with Gasteiger partial charge in [0.2, 0.25) is 5.91 Å². The van der Waals surface area contributed by atoms with Gasteiger partial charge in [-0.05, 0) is 26.2 Å². The molecule has 1 amide bonds. The summed E-state index contributed by atoms with van der Waals surface area (Å²) in [6.45, 7) is 9.82. The van der Waals surface area contributed by atoms with Gasteiger partial charge in [-0.25, -0.2) is 0 Å². The average Bonchev–Trinajstić information content (AvgIpc) is 2.88. The lowest BCUT2D eigenvalue weighted by Crippen LogP contribution is -2.41. The Labute approximate surface area is 127 Å². The number of thioether (sulfide) groups is 1. The van der Waals surface area contributed by atoms with Crippen molar-refractivity contribution < 1.29 is 4.79 Å². The lowest BCUT2D eigenvalue weighted by Gasteiger charge is -2.27. The maximum Gasteiger partial charge on any atom is 0.235 e. The molecule has 2 fully saturated rings. The van der Waals surface area contributed by atoms with Gasteiger partial charge >= 0.3 is 0 Å². The highest BCUT2D eigenvalue weighted by atomic mass is 32.2. The molecule has 2 aliphatic rings. The lowest BCUT2D eigenvalue weighted by atomic mass is 10.2. The van der Waals surface area contributed by atoms with Crippen LogP contribution in [0.1, 0.15) is 39.0 Å². The molecular formula is C16H28N2OS. The van der Waals surface area contributed by atoms with E-state index in [9.17, 15) is 4.79 Å². The Bertz CT molecular complexity index is 328. The lowest BCUT2D eigenvalue weighted by molar-refractivity contribution is -0.130. The van der Waals surface area contributed by atoms with Crippen LogP contribution in [0.15, 0.2) is 12.7 Å². The van der Waals surface area contributed by atoms with Crippen LogP contribution in [0.2, 0.25) is 0 Å². The molecule has 0 bridgehead atoms. The quantitative estimate of drug-likeness (QED) is 0.729. The van der Waals surface area contributed by atoms with Crippen LogP contribution in [0.4, 0.5) is 0 Å². The molecule has 0 aromatic rings. The summed E-state index contributed by atoms with van der Waals surface area (Å²) in [5.74, 6) is 1.17. The van der Waals surface area contributed by atoms with E-state index in [1.54, 1.807) is 11.8 Å². The van der Waals surface area contributed by atoms with Gasteiger partial charge < -0.3 is 4.90 Å². The molecular weight excluding hydrogens is 268 g/mol. The van der Waals surface area contributed by atoms with Gasteiger partial charge in [0, 0.05) is 38.0 Å². The molecule has 1 heterocycles. The van der Waals surface area contributed by atoms with Crippen LogP contribution in [-0.2, 0) is 4.79 Å². The first-order chi connectivity index (χ1) is 9.72. The van der Waals surface area contributed by atoms with Gasteiger partial charge in [0.25, 0.3) is 0 Å². The van der Waals surface area contributed by atoms with E-state index < -0.39 is 0 Å². The van der Waals surface area contributed by atoms with Crippen molar-refractivity contribution in [3.8, 4) is 0 Å². The van der Waals surface area contributed by atoms with Crippen molar-refractivity contribution in [2.75, 3.05) is 31.9 Å². The normalized spacial score (nSPS) is 23.6. The SMILES string of the molecule is C=CCS[C@@H](C)C(=O)N1CCCN(C2CCCC2)CC1. The zero-order valence-electron chi connectivity index (χ0n) is 12.7. The Morgan fingerprint density at radius 2 is 2.00 bits per heavy atom. The summed E-state index contributed by atoms with van der Waals surface area (Å²) in [7, 11) is 0. The molecule has 114 valence electrons. The zero-order chi connectivity index (χ0) is 14.4. The van der Waals surface area contributed by atoms with Crippen molar-refractivity contribution in [3.05, 3.63) is 12.7 Å². The Kier molecular flexibility index (Phi) is 6.43. The number of carbonyl (C=O) groups excluding carboxylic acids is 1. The minimum absolute atomic E-state index is 0.0611. The van der Waals surface area contributed by atoms with Crippen LogP contribution >= 0.6 is 11.8 Å². The van der Waals surface area contributed by atoms with Crippen LogP contribution in [0, 0.1) is 0 Å². The van der Waals surface area contributed by atoms with E-state index in [0.29, 0.717) is 5.91 Å². The summed E-state index contributed by atoms with van der Waals surface area (Å²) in [4.78, 5) is 17.1. The summed E-state index contributed by atoms with van der Waals surface area (Å²) in [6, 6.07) is 0.789. The van der Waals surface area contributed by atoms with Crippen LogP contribution < -0.4 is 0 Å². The Balaban J connectivity index is 1.82. The standard InChI is InChI=1S/C16H28N2OS/c1-3-13-20-14(2)16(19)18-10-6-9-17(11-12-18)15-7-4-5-8-15/h3,14-15H,1,4-13H2,2H3/t14-/m0/s1. The number of nitrogens with zero attached hydrogens (tertiary/aromatic N) is 2. The van der Waals surface area contributed by atoms with E-state index in [2.05, 4.69) is 16.4 Å². The summed E-state index contributed by atoms with van der Waals surface area (Å²) in [6.07, 6.45) is 8.50. The number of rotatable bonds is 5. The highest BCUT2D eigenvalue weighted by Crippen LogP contribution is 2.24. The fraction of sp³-hybridized carbons (Fsp3) is 0.812. The number of hydrogen-bond donors (Lipinski definition) is 0. The minimum Gasteiger partial charge on any atom is -0.340 e. The molecule has 0 N–H and O–H groups in total. The minimum atomic E-state index is 0.0611. The molecule has 1 aliphatic carbocycles. The molecule has 2 rings (SSSR count). The van der Waals surface area contributed by atoms with E-state index in [0.717, 1.165) is 37.8 Å². The van der Waals surface area contributed by atoms with Gasteiger partial charge in [-0.15, -0.1) is 18.3 Å². The molecule has 4 heteroatoms. The van der Waals surface area contributed by atoms with Gasteiger partial charge in [-0.1, -0.05) is 18.9 Å².